The molecule has 18 heavy (non-hydrogen) atoms. The van der Waals surface area contributed by atoms with E-state index < -0.39 is 5.97 Å². The zero-order valence-electron chi connectivity index (χ0n) is 10.3. The average Bonchev–Trinajstić information content (AvgIpc) is 2.80. The first-order valence-corrected chi connectivity index (χ1v) is 8.22. The van der Waals surface area contributed by atoms with Gasteiger partial charge in [0.25, 0.3) is 0 Å². The van der Waals surface area contributed by atoms with Gasteiger partial charge in [0.05, 0.1) is 5.75 Å². The largest absolute Gasteiger partial charge is 0.481 e. The first-order chi connectivity index (χ1) is 8.72. The Morgan fingerprint density at radius 3 is 3.06 bits per heavy atom. The number of aromatic nitrogens is 3. The van der Waals surface area contributed by atoms with E-state index in [9.17, 15) is 4.79 Å². The molecule has 2 heterocycles. The van der Waals surface area contributed by atoms with Crippen molar-refractivity contribution in [1.82, 2.24) is 14.8 Å². The molecule has 1 aliphatic heterocycles. The Kier molecular flexibility index (Phi) is 4.94. The lowest BCUT2D eigenvalue weighted by Gasteiger charge is -2.25. The second-order valence-electron chi connectivity index (χ2n) is 4.18. The molecule has 1 N–H and O–H groups in total. The van der Waals surface area contributed by atoms with Crippen molar-refractivity contribution in [3.63, 3.8) is 0 Å². The van der Waals surface area contributed by atoms with Gasteiger partial charge >= 0.3 is 5.97 Å². The third-order valence-electron chi connectivity index (χ3n) is 2.88. The van der Waals surface area contributed by atoms with Gasteiger partial charge in [-0.1, -0.05) is 18.7 Å². The van der Waals surface area contributed by atoms with Crippen LogP contribution in [0, 0.1) is 0 Å². The molecule has 7 heteroatoms. The summed E-state index contributed by atoms with van der Waals surface area (Å²) >= 11 is 3.22. The minimum atomic E-state index is -0.814. The summed E-state index contributed by atoms with van der Waals surface area (Å²) in [7, 11) is 0. The number of carboxylic acids is 1. The fourth-order valence-electron chi connectivity index (χ4n) is 2.07. The Hall–Kier alpha value is -0.690. The van der Waals surface area contributed by atoms with Crippen LogP contribution in [-0.2, 0) is 11.2 Å². The van der Waals surface area contributed by atoms with Crippen molar-refractivity contribution in [3.05, 3.63) is 5.82 Å². The summed E-state index contributed by atoms with van der Waals surface area (Å²) in [5.41, 5.74) is 0. The lowest BCUT2D eigenvalue weighted by molar-refractivity contribution is -0.133. The number of thioether (sulfide) groups is 2. The van der Waals surface area contributed by atoms with Gasteiger partial charge in [-0.15, -0.1) is 10.2 Å². The number of nitrogens with zero attached hydrogens (tertiary/aromatic N) is 3. The smallest absolute Gasteiger partial charge is 0.313 e. The van der Waals surface area contributed by atoms with Crippen LogP contribution >= 0.6 is 23.5 Å². The molecule has 1 fully saturated rings. The predicted molar refractivity (Wildman–Crippen MR) is 73.4 cm³/mol. The van der Waals surface area contributed by atoms with Crippen LogP contribution in [0.3, 0.4) is 0 Å². The van der Waals surface area contributed by atoms with Crippen LogP contribution in [0.2, 0.25) is 0 Å². The van der Waals surface area contributed by atoms with E-state index in [1.165, 1.54) is 23.9 Å². The minimum Gasteiger partial charge on any atom is -0.481 e. The molecule has 0 bridgehead atoms. The van der Waals surface area contributed by atoms with E-state index in [4.69, 9.17) is 5.11 Å². The van der Waals surface area contributed by atoms with E-state index in [2.05, 4.69) is 21.7 Å². The number of rotatable bonds is 5. The predicted octanol–water partition coefficient (Wildman–Crippen LogP) is 2.09. The zero-order chi connectivity index (χ0) is 13.0. The summed E-state index contributed by atoms with van der Waals surface area (Å²) in [5.74, 6) is 2.49. The molecule has 0 amide bonds. The molecule has 1 aromatic rings. The van der Waals surface area contributed by atoms with Gasteiger partial charge in [-0.2, -0.15) is 11.8 Å². The highest BCUT2D eigenvalue weighted by Gasteiger charge is 2.22. The fraction of sp³-hybridized carbons (Fsp3) is 0.727. The summed E-state index contributed by atoms with van der Waals surface area (Å²) in [6.45, 7) is 2.06. The Balaban J connectivity index is 2.18. The second kappa shape index (κ2) is 6.47. The molecule has 0 spiro atoms. The molecule has 100 valence electrons. The molecule has 0 aliphatic carbocycles. The Morgan fingerprint density at radius 2 is 2.44 bits per heavy atom. The summed E-state index contributed by atoms with van der Waals surface area (Å²) in [4.78, 5) is 10.7. The summed E-state index contributed by atoms with van der Waals surface area (Å²) in [6.07, 6.45) is 3.18. The topological polar surface area (TPSA) is 68.0 Å². The Labute approximate surface area is 115 Å². The molecule has 5 nitrogen and oxygen atoms in total. The Bertz CT molecular complexity index is 416. The third-order valence-corrected chi connectivity index (χ3v) is 5.00. The molecule has 1 unspecified atom stereocenters. The molecule has 0 saturated carbocycles. The van der Waals surface area contributed by atoms with E-state index in [1.807, 2.05) is 11.8 Å². The molecule has 1 aromatic heterocycles. The molecule has 0 radical (unpaired) electrons. The minimum absolute atomic E-state index is 0.0434. The van der Waals surface area contributed by atoms with Gasteiger partial charge in [-0.25, -0.2) is 0 Å². The van der Waals surface area contributed by atoms with Gasteiger partial charge in [0.15, 0.2) is 5.16 Å². The van der Waals surface area contributed by atoms with Crippen LogP contribution in [-0.4, -0.2) is 43.1 Å². The van der Waals surface area contributed by atoms with Crippen LogP contribution in [0.5, 0.6) is 0 Å². The van der Waals surface area contributed by atoms with Crippen LogP contribution in [0.15, 0.2) is 5.16 Å². The van der Waals surface area contributed by atoms with Gasteiger partial charge in [-0.3, -0.25) is 4.79 Å². The molecule has 1 aliphatic rings. The van der Waals surface area contributed by atoms with Gasteiger partial charge < -0.3 is 9.67 Å². The molecule has 1 saturated heterocycles. The van der Waals surface area contributed by atoms with Crippen molar-refractivity contribution in [3.8, 4) is 0 Å². The van der Waals surface area contributed by atoms with Gasteiger partial charge in [-0.05, 0) is 18.6 Å². The number of aryl methyl sites for hydroxylation is 1. The third kappa shape index (κ3) is 3.20. The quantitative estimate of drug-likeness (QED) is 0.836. The van der Waals surface area contributed by atoms with Crippen molar-refractivity contribution < 1.29 is 9.90 Å². The summed E-state index contributed by atoms with van der Waals surface area (Å²) in [6, 6.07) is 0.421. The molecule has 1 atom stereocenters. The highest BCUT2D eigenvalue weighted by molar-refractivity contribution is 7.99. The first kappa shape index (κ1) is 13.7. The fourth-order valence-corrected chi connectivity index (χ4v) is 3.94. The number of aliphatic carboxylic acids is 1. The van der Waals surface area contributed by atoms with Gasteiger partial charge in [0, 0.05) is 18.2 Å². The SMILES string of the molecule is CCc1nnc(SCC(=O)O)n1C1CCCSC1. The lowest BCUT2D eigenvalue weighted by atomic mass is 10.2. The van der Waals surface area contributed by atoms with Crippen molar-refractivity contribution in [2.24, 2.45) is 0 Å². The molecule has 0 aromatic carbocycles. The molecular formula is C11H17N3O2S2. The van der Waals surface area contributed by atoms with Crippen molar-refractivity contribution in [1.29, 1.82) is 0 Å². The zero-order valence-corrected chi connectivity index (χ0v) is 12.0. The van der Waals surface area contributed by atoms with E-state index in [1.54, 1.807) is 0 Å². The van der Waals surface area contributed by atoms with Gasteiger partial charge in [0.1, 0.15) is 5.82 Å². The molecular weight excluding hydrogens is 270 g/mol. The number of hydrogen-bond donors (Lipinski definition) is 1. The number of carboxylic acid groups (broad SMARTS) is 1. The normalized spacial score (nSPS) is 19.9. The average molecular weight is 287 g/mol. The first-order valence-electron chi connectivity index (χ1n) is 6.08. The highest BCUT2D eigenvalue weighted by Crippen LogP contribution is 2.31. The standard InChI is InChI=1S/C11H17N3O2S2/c1-2-9-12-13-11(18-7-10(15)16)14(9)8-4-3-5-17-6-8/h8H,2-7H2,1H3,(H,15,16). The maximum absolute atomic E-state index is 10.7. The van der Waals surface area contributed by atoms with Crippen molar-refractivity contribution in [2.45, 2.75) is 37.4 Å². The van der Waals surface area contributed by atoms with Crippen LogP contribution < -0.4 is 0 Å². The van der Waals surface area contributed by atoms with Crippen LogP contribution in [0.1, 0.15) is 31.6 Å². The second-order valence-corrected chi connectivity index (χ2v) is 6.27. The monoisotopic (exact) mass is 287 g/mol. The number of carbonyl (C=O) groups is 1. The van der Waals surface area contributed by atoms with E-state index in [0.29, 0.717) is 6.04 Å². The van der Waals surface area contributed by atoms with Gasteiger partial charge in [0.2, 0.25) is 0 Å². The van der Waals surface area contributed by atoms with E-state index in [0.717, 1.165) is 29.6 Å². The van der Waals surface area contributed by atoms with Crippen LogP contribution in [0.25, 0.3) is 0 Å². The molecule has 2 rings (SSSR count). The highest BCUT2D eigenvalue weighted by atomic mass is 32.2. The number of hydrogen-bond acceptors (Lipinski definition) is 5. The summed E-state index contributed by atoms with van der Waals surface area (Å²) < 4.78 is 2.15. The Morgan fingerprint density at radius 1 is 1.61 bits per heavy atom. The van der Waals surface area contributed by atoms with E-state index in [-0.39, 0.29) is 5.75 Å². The maximum atomic E-state index is 10.7. The lowest BCUT2D eigenvalue weighted by Crippen LogP contribution is -2.19. The van der Waals surface area contributed by atoms with Crippen molar-refractivity contribution in [2.75, 3.05) is 17.3 Å². The maximum Gasteiger partial charge on any atom is 0.313 e. The van der Waals surface area contributed by atoms with Crippen molar-refractivity contribution >= 4 is 29.5 Å². The van der Waals surface area contributed by atoms with E-state index >= 15 is 0 Å². The summed E-state index contributed by atoms with van der Waals surface area (Å²) in [5, 5.41) is 17.8. The van der Waals surface area contributed by atoms with Crippen LogP contribution in [0.4, 0.5) is 0 Å².